The third kappa shape index (κ3) is 5.25. The van der Waals surface area contributed by atoms with Crippen LogP contribution < -0.4 is 0 Å². The normalized spacial score (nSPS) is 15.6. The molecule has 0 bridgehead atoms. The van der Waals surface area contributed by atoms with E-state index in [1.807, 2.05) is 45.0 Å². The second-order valence-electron chi connectivity index (χ2n) is 8.29. The second kappa shape index (κ2) is 8.03. The van der Waals surface area contributed by atoms with Crippen LogP contribution >= 0.6 is 0 Å². The molecule has 1 aliphatic heterocycles. The van der Waals surface area contributed by atoms with Gasteiger partial charge in [0.2, 0.25) is 0 Å². The van der Waals surface area contributed by atoms with Crippen molar-refractivity contribution in [1.29, 1.82) is 0 Å². The van der Waals surface area contributed by atoms with Gasteiger partial charge in [0.05, 0.1) is 0 Å². The molecule has 27 heavy (non-hydrogen) atoms. The maximum absolute atomic E-state index is 12.2. The molecule has 0 unspecified atom stereocenters. The third-order valence-corrected chi connectivity index (χ3v) is 4.96. The van der Waals surface area contributed by atoms with Gasteiger partial charge in [0.1, 0.15) is 11.4 Å². The van der Waals surface area contributed by atoms with Crippen LogP contribution in [0.25, 0.3) is 0 Å². The quantitative estimate of drug-likeness (QED) is 0.821. The van der Waals surface area contributed by atoms with Crippen molar-refractivity contribution in [2.45, 2.75) is 51.6 Å². The highest BCUT2D eigenvalue weighted by atomic mass is 16.6. The molecule has 1 amide bonds. The predicted molar refractivity (Wildman–Crippen MR) is 107 cm³/mol. The molecule has 144 valence electrons. The number of likely N-dealkylation sites (tertiary alicyclic amines) is 1. The van der Waals surface area contributed by atoms with Crippen molar-refractivity contribution in [2.75, 3.05) is 13.1 Å². The maximum atomic E-state index is 12.2. The summed E-state index contributed by atoms with van der Waals surface area (Å²) in [6.45, 7) is 7.08. The summed E-state index contributed by atoms with van der Waals surface area (Å²) >= 11 is 0. The first-order chi connectivity index (χ1) is 12.8. The molecule has 2 aromatic carbocycles. The first-order valence-corrected chi connectivity index (χ1v) is 9.65. The van der Waals surface area contributed by atoms with Crippen LogP contribution in [0.15, 0.2) is 48.5 Å². The highest BCUT2D eigenvalue weighted by Gasteiger charge is 2.27. The molecule has 1 fully saturated rings. The Labute approximate surface area is 161 Å². The van der Waals surface area contributed by atoms with Crippen LogP contribution in [0.3, 0.4) is 0 Å². The number of hydrogen-bond acceptors (Lipinski definition) is 3. The van der Waals surface area contributed by atoms with E-state index in [1.165, 1.54) is 11.1 Å². The maximum Gasteiger partial charge on any atom is 0.410 e. The number of carbonyl (C=O) groups is 1. The summed E-state index contributed by atoms with van der Waals surface area (Å²) in [5, 5.41) is 10.2. The van der Waals surface area contributed by atoms with E-state index >= 15 is 0 Å². The molecule has 0 saturated carbocycles. The molecule has 1 aliphatic rings. The number of phenols is 1. The minimum absolute atomic E-state index is 0.226. The van der Waals surface area contributed by atoms with Gasteiger partial charge in [0, 0.05) is 19.5 Å². The lowest BCUT2D eigenvalue weighted by Gasteiger charge is -2.33. The van der Waals surface area contributed by atoms with E-state index in [-0.39, 0.29) is 6.09 Å². The molecule has 4 heteroatoms. The number of benzene rings is 2. The van der Waals surface area contributed by atoms with E-state index in [4.69, 9.17) is 4.74 Å². The molecule has 1 N–H and O–H groups in total. The van der Waals surface area contributed by atoms with Crippen LogP contribution in [0, 0.1) is 0 Å². The fraction of sp³-hybridized carbons (Fsp3) is 0.435. The lowest BCUT2D eigenvalue weighted by Crippen LogP contribution is -2.41. The number of piperidine rings is 1. The van der Waals surface area contributed by atoms with Crippen LogP contribution in [0.1, 0.15) is 56.2 Å². The molecular formula is C23H29NO3. The summed E-state index contributed by atoms with van der Waals surface area (Å²) in [7, 11) is 0. The molecule has 1 heterocycles. The number of aromatic hydroxyl groups is 1. The van der Waals surface area contributed by atoms with Gasteiger partial charge >= 0.3 is 6.09 Å². The average molecular weight is 367 g/mol. The van der Waals surface area contributed by atoms with Crippen molar-refractivity contribution in [3.05, 3.63) is 65.2 Å². The molecule has 4 nitrogen and oxygen atoms in total. The SMILES string of the molecule is CC(C)(C)OC(=O)N1CCC(c2ccc(O)c(Cc3ccccc3)c2)CC1. The monoisotopic (exact) mass is 367 g/mol. The Morgan fingerprint density at radius 2 is 1.78 bits per heavy atom. The Bertz CT molecular complexity index is 772. The Morgan fingerprint density at radius 3 is 2.41 bits per heavy atom. The van der Waals surface area contributed by atoms with E-state index in [2.05, 4.69) is 18.2 Å². The zero-order chi connectivity index (χ0) is 19.4. The van der Waals surface area contributed by atoms with Gasteiger partial charge in [-0.15, -0.1) is 0 Å². The third-order valence-electron chi connectivity index (χ3n) is 4.96. The molecular weight excluding hydrogens is 338 g/mol. The fourth-order valence-corrected chi connectivity index (χ4v) is 3.54. The minimum atomic E-state index is -0.461. The number of phenolic OH excluding ortho intramolecular Hbond substituents is 1. The zero-order valence-corrected chi connectivity index (χ0v) is 16.4. The van der Waals surface area contributed by atoms with Crippen LogP contribution in [0.5, 0.6) is 5.75 Å². The van der Waals surface area contributed by atoms with E-state index in [1.54, 1.807) is 11.0 Å². The van der Waals surface area contributed by atoms with Crippen molar-refractivity contribution >= 4 is 6.09 Å². The minimum Gasteiger partial charge on any atom is -0.508 e. The number of hydrogen-bond donors (Lipinski definition) is 1. The first-order valence-electron chi connectivity index (χ1n) is 9.65. The summed E-state index contributed by atoms with van der Waals surface area (Å²) in [6.07, 6.45) is 2.32. The number of rotatable bonds is 3. The van der Waals surface area contributed by atoms with E-state index in [9.17, 15) is 9.90 Å². The van der Waals surface area contributed by atoms with Gasteiger partial charge in [-0.25, -0.2) is 4.79 Å². The molecule has 0 spiro atoms. The van der Waals surface area contributed by atoms with Gasteiger partial charge < -0.3 is 14.7 Å². The van der Waals surface area contributed by atoms with E-state index < -0.39 is 5.60 Å². The highest BCUT2D eigenvalue weighted by molar-refractivity contribution is 5.68. The largest absolute Gasteiger partial charge is 0.508 e. The summed E-state index contributed by atoms with van der Waals surface area (Å²) in [5.41, 5.74) is 2.91. The Balaban J connectivity index is 1.64. The van der Waals surface area contributed by atoms with Crippen LogP contribution in [-0.2, 0) is 11.2 Å². The van der Waals surface area contributed by atoms with Gasteiger partial charge in [-0.1, -0.05) is 42.5 Å². The number of ether oxygens (including phenoxy) is 1. The zero-order valence-electron chi connectivity index (χ0n) is 16.4. The lowest BCUT2D eigenvalue weighted by molar-refractivity contribution is 0.0205. The van der Waals surface area contributed by atoms with Crippen molar-refractivity contribution in [3.63, 3.8) is 0 Å². The Hall–Kier alpha value is -2.49. The van der Waals surface area contributed by atoms with Gasteiger partial charge in [0.15, 0.2) is 0 Å². The molecule has 2 aromatic rings. The van der Waals surface area contributed by atoms with E-state index in [0.717, 1.165) is 24.8 Å². The summed E-state index contributed by atoms with van der Waals surface area (Å²) < 4.78 is 5.47. The fourth-order valence-electron chi connectivity index (χ4n) is 3.54. The van der Waals surface area contributed by atoms with Gasteiger partial charge in [0.25, 0.3) is 0 Å². The number of nitrogens with zero attached hydrogens (tertiary/aromatic N) is 1. The lowest BCUT2D eigenvalue weighted by atomic mass is 9.87. The van der Waals surface area contributed by atoms with Crippen molar-refractivity contribution in [1.82, 2.24) is 4.90 Å². The number of carbonyl (C=O) groups excluding carboxylic acids is 1. The summed E-state index contributed by atoms with van der Waals surface area (Å²) in [4.78, 5) is 14.0. The van der Waals surface area contributed by atoms with Gasteiger partial charge in [-0.3, -0.25) is 0 Å². The topological polar surface area (TPSA) is 49.8 Å². The van der Waals surface area contributed by atoms with Crippen molar-refractivity contribution < 1.29 is 14.6 Å². The summed E-state index contributed by atoms with van der Waals surface area (Å²) in [5.74, 6) is 0.743. The Morgan fingerprint density at radius 1 is 1.11 bits per heavy atom. The van der Waals surface area contributed by atoms with Crippen molar-refractivity contribution in [3.8, 4) is 5.75 Å². The van der Waals surface area contributed by atoms with Gasteiger partial charge in [-0.05, 0) is 62.3 Å². The average Bonchev–Trinajstić information content (AvgIpc) is 2.63. The van der Waals surface area contributed by atoms with Crippen molar-refractivity contribution in [2.24, 2.45) is 0 Å². The van der Waals surface area contributed by atoms with Crippen LogP contribution in [0.4, 0.5) is 4.79 Å². The Kier molecular flexibility index (Phi) is 5.73. The molecule has 0 aromatic heterocycles. The molecule has 0 aliphatic carbocycles. The smallest absolute Gasteiger partial charge is 0.410 e. The van der Waals surface area contributed by atoms with Gasteiger partial charge in [-0.2, -0.15) is 0 Å². The molecule has 3 rings (SSSR count). The number of amides is 1. The first kappa shape index (κ1) is 19.3. The highest BCUT2D eigenvalue weighted by Crippen LogP contribution is 2.32. The van der Waals surface area contributed by atoms with Crippen LogP contribution in [0.2, 0.25) is 0 Å². The standard InChI is InChI=1S/C23H29NO3/c1-23(2,3)27-22(26)24-13-11-18(12-14-24)19-9-10-21(25)20(16-19)15-17-7-5-4-6-8-17/h4-10,16,18,25H,11-15H2,1-3H3. The predicted octanol–water partition coefficient (Wildman–Crippen LogP) is 5.10. The molecule has 0 radical (unpaired) electrons. The summed E-state index contributed by atoms with van der Waals surface area (Å²) in [6, 6.07) is 16.1. The molecule has 1 saturated heterocycles. The second-order valence-corrected chi connectivity index (χ2v) is 8.29. The molecule has 0 atom stereocenters. The van der Waals surface area contributed by atoms with Crippen LogP contribution in [-0.4, -0.2) is 34.8 Å². The van der Waals surface area contributed by atoms with E-state index in [0.29, 0.717) is 24.8 Å².